The number of benzene rings is 4. The number of halogens is 1. The first kappa shape index (κ1) is 28.1. The molecule has 0 radical (unpaired) electrons. The molecule has 8 nitrogen and oxygen atoms in total. The predicted molar refractivity (Wildman–Crippen MR) is 165 cm³/mol. The summed E-state index contributed by atoms with van der Waals surface area (Å²) in [4.78, 5) is 12.6. The number of aromatic nitrogens is 3. The van der Waals surface area contributed by atoms with Gasteiger partial charge in [0.25, 0.3) is 5.91 Å². The largest absolute Gasteiger partial charge is 0.493 e. The average Bonchev–Trinajstić information content (AvgIpc) is 3.44. The molecule has 1 N–H and O–H groups in total. The highest BCUT2D eigenvalue weighted by molar-refractivity contribution is 9.10. The van der Waals surface area contributed by atoms with E-state index in [1.54, 1.807) is 19.4 Å². The van der Waals surface area contributed by atoms with Crippen molar-refractivity contribution >= 4 is 39.8 Å². The third-order valence-corrected chi connectivity index (χ3v) is 7.37. The molecule has 0 fully saturated rings. The summed E-state index contributed by atoms with van der Waals surface area (Å²) >= 11 is 4.76. The molecular weight excluding hydrogens is 602 g/mol. The van der Waals surface area contributed by atoms with Crippen molar-refractivity contribution in [3.63, 3.8) is 0 Å². The number of ether oxygens (including phenoxy) is 2. The number of hydrazone groups is 1. The number of para-hydroxylation sites is 1. The fourth-order valence-corrected chi connectivity index (χ4v) is 4.93. The summed E-state index contributed by atoms with van der Waals surface area (Å²) < 4.78 is 14.3. The molecule has 0 spiro atoms. The summed E-state index contributed by atoms with van der Waals surface area (Å²) in [6, 6.07) is 33.0. The zero-order valence-electron chi connectivity index (χ0n) is 22.1. The van der Waals surface area contributed by atoms with Crippen LogP contribution in [-0.4, -0.2) is 39.7 Å². The molecule has 0 saturated heterocycles. The minimum Gasteiger partial charge on any atom is -0.493 e. The van der Waals surface area contributed by atoms with Crippen LogP contribution in [0, 0.1) is 0 Å². The second kappa shape index (κ2) is 13.8. The fourth-order valence-electron chi connectivity index (χ4n) is 3.92. The molecule has 0 atom stereocenters. The van der Waals surface area contributed by atoms with Crippen LogP contribution in [0.15, 0.2) is 118 Å². The molecule has 0 saturated carbocycles. The van der Waals surface area contributed by atoms with Gasteiger partial charge in [0.2, 0.25) is 0 Å². The van der Waals surface area contributed by atoms with Gasteiger partial charge in [-0.2, -0.15) is 5.10 Å². The van der Waals surface area contributed by atoms with Crippen molar-refractivity contribution in [2.75, 3.05) is 12.9 Å². The van der Waals surface area contributed by atoms with Crippen molar-refractivity contribution in [3.8, 4) is 28.6 Å². The van der Waals surface area contributed by atoms with Crippen LogP contribution in [0.3, 0.4) is 0 Å². The first-order chi connectivity index (χ1) is 20.1. The Morgan fingerprint density at radius 1 is 0.951 bits per heavy atom. The van der Waals surface area contributed by atoms with Crippen LogP contribution < -0.4 is 14.9 Å². The van der Waals surface area contributed by atoms with E-state index >= 15 is 0 Å². The zero-order valence-corrected chi connectivity index (χ0v) is 24.5. The lowest BCUT2D eigenvalue weighted by Gasteiger charge is -2.11. The number of thioether (sulfide) groups is 1. The lowest BCUT2D eigenvalue weighted by molar-refractivity contribution is -0.118. The van der Waals surface area contributed by atoms with Gasteiger partial charge in [-0.05, 0) is 53.6 Å². The number of nitrogens with one attached hydrogen (secondary N) is 1. The van der Waals surface area contributed by atoms with Crippen LogP contribution in [0.4, 0.5) is 0 Å². The number of amides is 1. The Morgan fingerprint density at radius 3 is 2.41 bits per heavy atom. The maximum absolute atomic E-state index is 12.6. The first-order valence-electron chi connectivity index (χ1n) is 12.7. The van der Waals surface area contributed by atoms with E-state index in [-0.39, 0.29) is 11.7 Å². The number of hydrogen-bond donors (Lipinski definition) is 1. The predicted octanol–water partition coefficient (Wildman–Crippen LogP) is 6.53. The molecule has 0 aliphatic carbocycles. The van der Waals surface area contributed by atoms with Crippen molar-refractivity contribution in [1.82, 2.24) is 20.2 Å². The highest BCUT2D eigenvalue weighted by atomic mass is 79.9. The van der Waals surface area contributed by atoms with Gasteiger partial charge in [-0.3, -0.25) is 9.36 Å². The molecule has 10 heteroatoms. The van der Waals surface area contributed by atoms with E-state index < -0.39 is 0 Å². The van der Waals surface area contributed by atoms with E-state index in [4.69, 9.17) is 9.47 Å². The summed E-state index contributed by atoms with van der Waals surface area (Å²) in [6.45, 7) is 0.406. The third-order valence-electron chi connectivity index (χ3n) is 5.91. The van der Waals surface area contributed by atoms with Gasteiger partial charge in [0.05, 0.1) is 19.1 Å². The van der Waals surface area contributed by atoms with Gasteiger partial charge in [-0.15, -0.1) is 10.2 Å². The molecule has 0 aliphatic heterocycles. The van der Waals surface area contributed by atoms with E-state index in [0.717, 1.165) is 26.9 Å². The second-order valence-corrected chi connectivity index (χ2v) is 10.6. The van der Waals surface area contributed by atoms with Crippen LogP contribution in [-0.2, 0) is 11.4 Å². The van der Waals surface area contributed by atoms with Crippen LogP contribution in [0.25, 0.3) is 17.1 Å². The molecule has 5 rings (SSSR count). The van der Waals surface area contributed by atoms with Crippen molar-refractivity contribution in [2.45, 2.75) is 11.8 Å². The molecule has 1 amide bonds. The zero-order chi connectivity index (χ0) is 28.4. The van der Waals surface area contributed by atoms with Crippen molar-refractivity contribution < 1.29 is 14.3 Å². The molecule has 206 valence electrons. The summed E-state index contributed by atoms with van der Waals surface area (Å²) in [5, 5.41) is 13.5. The first-order valence-corrected chi connectivity index (χ1v) is 14.4. The number of hydrogen-bond acceptors (Lipinski definition) is 7. The van der Waals surface area contributed by atoms with E-state index in [1.807, 2.05) is 102 Å². The van der Waals surface area contributed by atoms with Gasteiger partial charge < -0.3 is 9.47 Å². The lowest BCUT2D eigenvalue weighted by atomic mass is 10.2. The number of carbonyl (C=O) groups is 1. The number of carbonyl (C=O) groups excluding carboxylic acids is 1. The van der Waals surface area contributed by atoms with Crippen LogP contribution >= 0.6 is 27.7 Å². The van der Waals surface area contributed by atoms with E-state index in [0.29, 0.717) is 29.1 Å². The maximum atomic E-state index is 12.6. The maximum Gasteiger partial charge on any atom is 0.250 e. The number of rotatable bonds is 11. The molecule has 1 aromatic heterocycles. The van der Waals surface area contributed by atoms with Crippen molar-refractivity contribution in [2.24, 2.45) is 5.10 Å². The van der Waals surface area contributed by atoms with Gasteiger partial charge in [-0.25, -0.2) is 5.43 Å². The summed E-state index contributed by atoms with van der Waals surface area (Å²) in [5.41, 5.74) is 6.21. The van der Waals surface area contributed by atoms with E-state index in [9.17, 15) is 4.79 Å². The molecule has 1 heterocycles. The number of methoxy groups -OCH3 is 1. The van der Waals surface area contributed by atoms with Gasteiger partial charge in [-0.1, -0.05) is 88.4 Å². The van der Waals surface area contributed by atoms with Gasteiger partial charge >= 0.3 is 0 Å². The normalized spacial score (nSPS) is 11.0. The van der Waals surface area contributed by atoms with Gasteiger partial charge in [0.1, 0.15) is 6.61 Å². The highest BCUT2D eigenvalue weighted by Gasteiger charge is 2.17. The monoisotopic (exact) mass is 627 g/mol. The Labute approximate surface area is 250 Å². The number of nitrogens with zero attached hydrogens (tertiary/aromatic N) is 4. The fraction of sp³-hybridized carbons (Fsp3) is 0.0968. The molecule has 0 bridgehead atoms. The summed E-state index contributed by atoms with van der Waals surface area (Å²) in [6.07, 6.45) is 1.56. The minimum atomic E-state index is -0.270. The van der Waals surface area contributed by atoms with E-state index in [2.05, 4.69) is 36.7 Å². The van der Waals surface area contributed by atoms with Crippen LogP contribution in [0.5, 0.6) is 11.5 Å². The molecule has 0 unspecified atom stereocenters. The Balaban J connectivity index is 1.23. The van der Waals surface area contributed by atoms with Crippen LogP contribution in [0.1, 0.15) is 11.1 Å². The third kappa shape index (κ3) is 7.41. The lowest BCUT2D eigenvalue weighted by Crippen LogP contribution is -2.20. The van der Waals surface area contributed by atoms with Gasteiger partial charge in [0.15, 0.2) is 22.5 Å². The molecular formula is C31H26BrN5O3S. The van der Waals surface area contributed by atoms with Crippen molar-refractivity contribution in [1.29, 1.82) is 0 Å². The summed E-state index contributed by atoms with van der Waals surface area (Å²) in [5.74, 6) is 1.73. The molecule has 41 heavy (non-hydrogen) atoms. The Morgan fingerprint density at radius 2 is 1.68 bits per heavy atom. The van der Waals surface area contributed by atoms with Gasteiger partial charge in [0, 0.05) is 15.7 Å². The standard InChI is InChI=1S/C31H26BrN5O3S/c1-39-27-17-12-23(18-28(27)40-20-22-8-4-2-5-9-22)19-33-34-29(38)21-41-31-36-35-30(24-13-15-25(32)16-14-24)37(31)26-10-6-3-7-11-26/h2-19H,20-21H2,1H3,(H,34,38). The average molecular weight is 629 g/mol. The highest BCUT2D eigenvalue weighted by Crippen LogP contribution is 2.30. The molecule has 4 aromatic carbocycles. The molecule has 5 aromatic rings. The Hall–Kier alpha value is -4.41. The van der Waals surface area contributed by atoms with Crippen molar-refractivity contribution in [3.05, 3.63) is 119 Å². The summed E-state index contributed by atoms with van der Waals surface area (Å²) in [7, 11) is 1.59. The van der Waals surface area contributed by atoms with E-state index in [1.165, 1.54) is 11.8 Å². The quantitative estimate of drug-likeness (QED) is 0.102. The minimum absolute atomic E-state index is 0.108. The molecule has 0 aliphatic rings. The smallest absolute Gasteiger partial charge is 0.250 e. The second-order valence-electron chi connectivity index (χ2n) is 8.75. The Bertz CT molecular complexity index is 1630. The topological polar surface area (TPSA) is 90.6 Å². The SMILES string of the molecule is COc1ccc(C=NNC(=O)CSc2nnc(-c3ccc(Br)cc3)n2-c2ccccc2)cc1OCc1ccccc1. The van der Waals surface area contributed by atoms with Crippen LogP contribution in [0.2, 0.25) is 0 Å². The Kier molecular flexibility index (Phi) is 9.45.